The number of carbonyl (C=O) groups is 2. The van der Waals surface area contributed by atoms with Crippen LogP contribution in [0.3, 0.4) is 0 Å². The van der Waals surface area contributed by atoms with Gasteiger partial charge >= 0.3 is 5.97 Å². The van der Waals surface area contributed by atoms with Crippen LogP contribution in [0.15, 0.2) is 41.4 Å². The number of aromatic nitrogens is 1. The molecule has 2 aromatic rings. The standard InChI is InChI=1S/C19H23ClN2O5S/c1-5-22(6-2)28(25,26)16-11-17(21(4)12-16)19(24)27-13(3)18(23)14-7-9-15(20)10-8-14/h7-13H,5-6H2,1-4H3. The first-order valence-corrected chi connectivity index (χ1v) is 10.6. The van der Waals surface area contributed by atoms with Gasteiger partial charge in [-0.15, -0.1) is 0 Å². The number of benzene rings is 1. The van der Waals surface area contributed by atoms with Gasteiger partial charge in [-0.1, -0.05) is 25.4 Å². The van der Waals surface area contributed by atoms with Crippen LogP contribution in [0.4, 0.5) is 0 Å². The van der Waals surface area contributed by atoms with Gasteiger partial charge in [0, 0.05) is 36.9 Å². The van der Waals surface area contributed by atoms with Gasteiger partial charge in [0.1, 0.15) is 10.6 Å². The Labute approximate surface area is 169 Å². The molecule has 0 aliphatic heterocycles. The fraction of sp³-hybridized carbons (Fsp3) is 0.368. The van der Waals surface area contributed by atoms with E-state index in [1.807, 2.05) is 0 Å². The van der Waals surface area contributed by atoms with E-state index in [4.69, 9.17) is 16.3 Å². The van der Waals surface area contributed by atoms with Crippen LogP contribution >= 0.6 is 11.6 Å². The summed E-state index contributed by atoms with van der Waals surface area (Å²) in [5.74, 6) is -1.16. The summed E-state index contributed by atoms with van der Waals surface area (Å²) in [7, 11) is -2.16. The molecule has 0 N–H and O–H groups in total. The minimum absolute atomic E-state index is 0.00216. The Morgan fingerprint density at radius 2 is 1.75 bits per heavy atom. The van der Waals surface area contributed by atoms with E-state index < -0.39 is 22.1 Å². The highest BCUT2D eigenvalue weighted by atomic mass is 35.5. The summed E-state index contributed by atoms with van der Waals surface area (Å²) < 4.78 is 33.2. The van der Waals surface area contributed by atoms with Gasteiger partial charge in [-0.05, 0) is 37.3 Å². The molecule has 0 amide bonds. The zero-order valence-corrected chi connectivity index (χ0v) is 17.7. The molecule has 0 fully saturated rings. The van der Waals surface area contributed by atoms with Crippen molar-refractivity contribution in [2.75, 3.05) is 13.1 Å². The fourth-order valence-corrected chi connectivity index (χ4v) is 4.37. The maximum atomic E-state index is 12.6. The molecule has 152 valence electrons. The predicted molar refractivity (Wildman–Crippen MR) is 106 cm³/mol. The lowest BCUT2D eigenvalue weighted by Gasteiger charge is -2.17. The maximum absolute atomic E-state index is 12.6. The number of Topliss-reactive ketones (excluding diaryl/α,β-unsaturated/α-hetero) is 1. The van der Waals surface area contributed by atoms with E-state index in [-0.39, 0.29) is 16.4 Å². The molecule has 0 aliphatic carbocycles. The number of hydrogen-bond acceptors (Lipinski definition) is 5. The van der Waals surface area contributed by atoms with Gasteiger partial charge in [-0.2, -0.15) is 4.31 Å². The van der Waals surface area contributed by atoms with E-state index in [0.717, 1.165) is 0 Å². The lowest BCUT2D eigenvalue weighted by molar-refractivity contribution is 0.0309. The number of sulfonamides is 1. The van der Waals surface area contributed by atoms with Gasteiger partial charge in [0.25, 0.3) is 0 Å². The third-order valence-corrected chi connectivity index (χ3v) is 6.58. The number of halogens is 1. The van der Waals surface area contributed by atoms with Crippen molar-refractivity contribution in [2.45, 2.75) is 31.8 Å². The van der Waals surface area contributed by atoms with E-state index in [1.54, 1.807) is 45.2 Å². The summed E-state index contributed by atoms with van der Waals surface area (Å²) in [6.45, 7) is 5.58. The van der Waals surface area contributed by atoms with Gasteiger partial charge in [0.15, 0.2) is 6.10 Å². The number of esters is 1. The number of ether oxygens (including phenoxy) is 1. The van der Waals surface area contributed by atoms with E-state index in [2.05, 4.69) is 0 Å². The molecule has 1 aromatic heterocycles. The molecule has 0 aliphatic rings. The monoisotopic (exact) mass is 426 g/mol. The molecule has 9 heteroatoms. The fourth-order valence-electron chi connectivity index (χ4n) is 2.71. The van der Waals surface area contributed by atoms with Gasteiger partial charge in [0.05, 0.1) is 0 Å². The zero-order chi connectivity index (χ0) is 21.1. The SMILES string of the molecule is CCN(CC)S(=O)(=O)c1cc(C(=O)OC(C)C(=O)c2ccc(Cl)cc2)n(C)c1. The Bertz CT molecular complexity index is 963. The molecular weight excluding hydrogens is 404 g/mol. The summed E-state index contributed by atoms with van der Waals surface area (Å²) in [5, 5.41) is 0.493. The molecule has 0 bridgehead atoms. The van der Waals surface area contributed by atoms with Crippen LogP contribution in [0.25, 0.3) is 0 Å². The molecule has 0 radical (unpaired) electrons. The number of hydrogen-bond donors (Lipinski definition) is 0. The highest BCUT2D eigenvalue weighted by Crippen LogP contribution is 2.20. The van der Waals surface area contributed by atoms with Gasteiger partial charge in [-0.25, -0.2) is 13.2 Å². The number of rotatable bonds is 8. The van der Waals surface area contributed by atoms with Crippen LogP contribution in [0, 0.1) is 0 Å². The minimum atomic E-state index is -3.70. The van der Waals surface area contributed by atoms with Crippen molar-refractivity contribution in [3.8, 4) is 0 Å². The first-order chi connectivity index (χ1) is 13.1. The van der Waals surface area contributed by atoms with E-state index in [1.165, 1.54) is 28.1 Å². The largest absolute Gasteiger partial charge is 0.450 e. The number of ketones is 1. The Kier molecular flexibility index (Phi) is 7.03. The van der Waals surface area contributed by atoms with Crippen LogP contribution in [0.1, 0.15) is 41.6 Å². The van der Waals surface area contributed by atoms with Gasteiger partial charge < -0.3 is 9.30 Å². The molecule has 28 heavy (non-hydrogen) atoms. The van der Waals surface area contributed by atoms with Crippen LogP contribution in [-0.2, 0) is 21.8 Å². The molecule has 7 nitrogen and oxygen atoms in total. The molecule has 1 aromatic carbocycles. The van der Waals surface area contributed by atoms with Crippen molar-refractivity contribution < 1.29 is 22.7 Å². The summed E-state index contributed by atoms with van der Waals surface area (Å²) in [5.41, 5.74) is 0.405. The van der Waals surface area contributed by atoms with Crippen molar-refractivity contribution in [1.82, 2.24) is 8.87 Å². The lowest BCUT2D eigenvalue weighted by Crippen LogP contribution is -2.30. The molecule has 1 atom stereocenters. The topological polar surface area (TPSA) is 85.7 Å². The first-order valence-electron chi connectivity index (χ1n) is 8.79. The smallest absolute Gasteiger partial charge is 0.355 e. The third kappa shape index (κ3) is 4.63. The number of carbonyl (C=O) groups excluding carboxylic acids is 2. The van der Waals surface area contributed by atoms with Crippen molar-refractivity contribution in [3.63, 3.8) is 0 Å². The predicted octanol–water partition coefficient (Wildman–Crippen LogP) is 3.14. The number of nitrogens with zero attached hydrogens (tertiary/aromatic N) is 2. The maximum Gasteiger partial charge on any atom is 0.355 e. The Morgan fingerprint density at radius 3 is 2.29 bits per heavy atom. The van der Waals surface area contributed by atoms with E-state index in [0.29, 0.717) is 23.7 Å². The Balaban J connectivity index is 2.20. The normalized spacial score (nSPS) is 12.8. The molecule has 0 saturated heterocycles. The van der Waals surface area contributed by atoms with Gasteiger partial charge in [0.2, 0.25) is 15.8 Å². The van der Waals surface area contributed by atoms with Crippen molar-refractivity contribution in [3.05, 3.63) is 52.8 Å². The van der Waals surface area contributed by atoms with Crippen LogP contribution in [0.2, 0.25) is 5.02 Å². The van der Waals surface area contributed by atoms with Crippen LogP contribution in [-0.4, -0.2) is 48.2 Å². The molecule has 0 saturated carbocycles. The second-order valence-corrected chi connectivity index (χ2v) is 8.55. The summed E-state index contributed by atoms with van der Waals surface area (Å²) in [6.07, 6.45) is 0.321. The summed E-state index contributed by atoms with van der Waals surface area (Å²) in [4.78, 5) is 24.9. The zero-order valence-electron chi connectivity index (χ0n) is 16.2. The molecule has 2 rings (SSSR count). The quantitative estimate of drug-likeness (QED) is 0.478. The average Bonchev–Trinajstić information content (AvgIpc) is 3.05. The second-order valence-electron chi connectivity index (χ2n) is 6.18. The van der Waals surface area contributed by atoms with Crippen LogP contribution in [0.5, 0.6) is 0 Å². The summed E-state index contributed by atoms with van der Waals surface area (Å²) in [6, 6.07) is 7.50. The molecule has 1 heterocycles. The Morgan fingerprint density at radius 1 is 1.18 bits per heavy atom. The second kappa shape index (κ2) is 8.89. The molecular formula is C19H23ClN2O5S. The highest BCUT2D eigenvalue weighted by Gasteiger charge is 2.27. The average molecular weight is 427 g/mol. The van der Waals surface area contributed by atoms with Crippen LogP contribution < -0.4 is 0 Å². The first kappa shape index (κ1) is 22.1. The van der Waals surface area contributed by atoms with E-state index in [9.17, 15) is 18.0 Å². The summed E-state index contributed by atoms with van der Waals surface area (Å²) >= 11 is 5.81. The Hall–Kier alpha value is -2.16. The lowest BCUT2D eigenvalue weighted by atomic mass is 10.1. The highest BCUT2D eigenvalue weighted by molar-refractivity contribution is 7.89. The van der Waals surface area contributed by atoms with Gasteiger partial charge in [-0.3, -0.25) is 4.79 Å². The molecule has 0 spiro atoms. The van der Waals surface area contributed by atoms with Crippen molar-refractivity contribution >= 4 is 33.4 Å². The molecule has 1 unspecified atom stereocenters. The third-order valence-electron chi connectivity index (χ3n) is 4.31. The van der Waals surface area contributed by atoms with Crippen molar-refractivity contribution in [2.24, 2.45) is 7.05 Å². The van der Waals surface area contributed by atoms with Crippen molar-refractivity contribution in [1.29, 1.82) is 0 Å². The van der Waals surface area contributed by atoms with E-state index >= 15 is 0 Å². The number of aryl methyl sites for hydroxylation is 1. The minimum Gasteiger partial charge on any atom is -0.450 e.